The van der Waals surface area contributed by atoms with Gasteiger partial charge in [0.15, 0.2) is 0 Å². The van der Waals surface area contributed by atoms with Crippen molar-refractivity contribution in [2.75, 3.05) is 13.6 Å². The van der Waals surface area contributed by atoms with Crippen LogP contribution in [0.2, 0.25) is 5.02 Å². The summed E-state index contributed by atoms with van der Waals surface area (Å²) in [6, 6.07) is 12.0. The molecule has 0 saturated carbocycles. The maximum Gasteiger partial charge on any atom is 0.0486 e. The number of aromatic nitrogens is 1. The van der Waals surface area contributed by atoms with E-state index in [-0.39, 0.29) is 6.04 Å². The van der Waals surface area contributed by atoms with Crippen LogP contribution in [0.3, 0.4) is 0 Å². The van der Waals surface area contributed by atoms with E-state index in [1.165, 1.54) is 0 Å². The standard InChI is InChI=1S/C15H18ClN3/c1-19(11-13-5-2-3-7-14(13)16)15(9-17)12-6-4-8-18-10-12/h2-8,10,15H,9,11,17H2,1H3. The van der Waals surface area contributed by atoms with Gasteiger partial charge in [-0.3, -0.25) is 9.88 Å². The fourth-order valence-corrected chi connectivity index (χ4v) is 2.34. The largest absolute Gasteiger partial charge is 0.329 e. The predicted molar refractivity (Wildman–Crippen MR) is 79.0 cm³/mol. The summed E-state index contributed by atoms with van der Waals surface area (Å²) in [5, 5.41) is 0.788. The normalized spacial score (nSPS) is 12.6. The van der Waals surface area contributed by atoms with Crippen molar-refractivity contribution in [3.8, 4) is 0 Å². The second kappa shape index (κ2) is 6.66. The first-order valence-corrected chi connectivity index (χ1v) is 6.64. The molecule has 1 aromatic carbocycles. The van der Waals surface area contributed by atoms with Gasteiger partial charge in [-0.25, -0.2) is 0 Å². The van der Waals surface area contributed by atoms with Crippen molar-refractivity contribution in [2.24, 2.45) is 5.73 Å². The molecule has 0 aliphatic heterocycles. The number of nitrogens with two attached hydrogens (primary N) is 1. The zero-order valence-electron chi connectivity index (χ0n) is 11.0. The molecule has 0 amide bonds. The topological polar surface area (TPSA) is 42.1 Å². The van der Waals surface area contributed by atoms with Crippen LogP contribution in [0.15, 0.2) is 48.8 Å². The fraction of sp³-hybridized carbons (Fsp3) is 0.267. The number of likely N-dealkylation sites (N-methyl/N-ethyl adjacent to an activating group) is 1. The maximum atomic E-state index is 6.19. The van der Waals surface area contributed by atoms with Gasteiger partial charge >= 0.3 is 0 Å². The smallest absolute Gasteiger partial charge is 0.0486 e. The first-order valence-electron chi connectivity index (χ1n) is 6.26. The van der Waals surface area contributed by atoms with Gasteiger partial charge in [-0.15, -0.1) is 0 Å². The van der Waals surface area contributed by atoms with Crippen LogP contribution in [0, 0.1) is 0 Å². The molecular weight excluding hydrogens is 258 g/mol. The van der Waals surface area contributed by atoms with Gasteiger partial charge in [-0.05, 0) is 30.3 Å². The number of pyridine rings is 1. The Labute approximate surface area is 119 Å². The van der Waals surface area contributed by atoms with Gasteiger partial charge in [0.25, 0.3) is 0 Å². The average Bonchev–Trinajstić information content (AvgIpc) is 2.43. The Kier molecular flexibility index (Phi) is 4.91. The molecule has 0 aliphatic carbocycles. The minimum Gasteiger partial charge on any atom is -0.329 e. The Bertz CT molecular complexity index is 516. The monoisotopic (exact) mass is 275 g/mol. The molecular formula is C15H18ClN3. The number of hydrogen-bond donors (Lipinski definition) is 1. The summed E-state index contributed by atoms with van der Waals surface area (Å²) in [4.78, 5) is 6.34. The Morgan fingerprint density at radius 3 is 2.68 bits per heavy atom. The molecule has 19 heavy (non-hydrogen) atoms. The number of benzene rings is 1. The summed E-state index contributed by atoms with van der Waals surface area (Å²) in [7, 11) is 2.05. The molecule has 100 valence electrons. The quantitative estimate of drug-likeness (QED) is 0.912. The van der Waals surface area contributed by atoms with Crippen LogP contribution in [0.4, 0.5) is 0 Å². The lowest BCUT2D eigenvalue weighted by Crippen LogP contribution is -2.30. The SMILES string of the molecule is CN(Cc1ccccc1Cl)C(CN)c1cccnc1. The maximum absolute atomic E-state index is 6.19. The minimum absolute atomic E-state index is 0.143. The van der Waals surface area contributed by atoms with E-state index in [1.807, 2.05) is 49.6 Å². The van der Waals surface area contributed by atoms with Crippen LogP contribution in [0.5, 0.6) is 0 Å². The highest BCUT2D eigenvalue weighted by atomic mass is 35.5. The van der Waals surface area contributed by atoms with Gasteiger partial charge < -0.3 is 5.73 Å². The minimum atomic E-state index is 0.143. The van der Waals surface area contributed by atoms with E-state index in [4.69, 9.17) is 17.3 Å². The van der Waals surface area contributed by atoms with Crippen LogP contribution < -0.4 is 5.73 Å². The van der Waals surface area contributed by atoms with Crippen LogP contribution in [-0.2, 0) is 6.54 Å². The van der Waals surface area contributed by atoms with Crippen molar-refractivity contribution in [1.82, 2.24) is 9.88 Å². The average molecular weight is 276 g/mol. The van der Waals surface area contributed by atoms with E-state index in [9.17, 15) is 0 Å². The van der Waals surface area contributed by atoms with Gasteiger partial charge in [-0.2, -0.15) is 0 Å². The third-order valence-corrected chi connectivity index (χ3v) is 3.57. The molecule has 3 nitrogen and oxygen atoms in total. The van der Waals surface area contributed by atoms with Crippen molar-refractivity contribution in [3.63, 3.8) is 0 Å². The third-order valence-electron chi connectivity index (χ3n) is 3.20. The highest BCUT2D eigenvalue weighted by molar-refractivity contribution is 6.31. The number of hydrogen-bond acceptors (Lipinski definition) is 3. The van der Waals surface area contributed by atoms with Crippen molar-refractivity contribution in [2.45, 2.75) is 12.6 Å². The van der Waals surface area contributed by atoms with Crippen LogP contribution in [0.25, 0.3) is 0 Å². The predicted octanol–water partition coefficient (Wildman–Crippen LogP) is 2.87. The summed E-state index contributed by atoms with van der Waals surface area (Å²) in [5.74, 6) is 0. The van der Waals surface area contributed by atoms with Crippen molar-refractivity contribution < 1.29 is 0 Å². The zero-order valence-corrected chi connectivity index (χ0v) is 11.7. The summed E-state index contributed by atoms with van der Waals surface area (Å²) < 4.78 is 0. The second-order valence-electron chi connectivity index (χ2n) is 4.54. The number of nitrogens with zero attached hydrogens (tertiary/aromatic N) is 2. The van der Waals surface area contributed by atoms with E-state index in [2.05, 4.69) is 9.88 Å². The molecule has 0 bridgehead atoms. The van der Waals surface area contributed by atoms with E-state index >= 15 is 0 Å². The van der Waals surface area contributed by atoms with E-state index in [0.717, 1.165) is 22.7 Å². The van der Waals surface area contributed by atoms with Crippen molar-refractivity contribution in [1.29, 1.82) is 0 Å². The van der Waals surface area contributed by atoms with Crippen molar-refractivity contribution >= 4 is 11.6 Å². The molecule has 1 atom stereocenters. The molecule has 1 heterocycles. The van der Waals surface area contributed by atoms with Gasteiger partial charge in [0.1, 0.15) is 0 Å². The molecule has 0 radical (unpaired) electrons. The van der Waals surface area contributed by atoms with Crippen LogP contribution in [0.1, 0.15) is 17.2 Å². The highest BCUT2D eigenvalue weighted by Crippen LogP contribution is 2.22. The Hall–Kier alpha value is -1.42. The number of rotatable bonds is 5. The van der Waals surface area contributed by atoms with Gasteiger partial charge in [-0.1, -0.05) is 35.9 Å². The zero-order chi connectivity index (χ0) is 13.7. The lowest BCUT2D eigenvalue weighted by molar-refractivity contribution is 0.241. The van der Waals surface area contributed by atoms with E-state index < -0.39 is 0 Å². The summed E-state index contributed by atoms with van der Waals surface area (Å²) >= 11 is 6.19. The molecule has 1 aromatic heterocycles. The van der Waals surface area contributed by atoms with E-state index in [1.54, 1.807) is 6.20 Å². The molecule has 0 spiro atoms. The summed E-state index contributed by atoms with van der Waals surface area (Å²) in [6.07, 6.45) is 3.63. The first kappa shape index (κ1) is 14.0. The lowest BCUT2D eigenvalue weighted by Gasteiger charge is -2.27. The molecule has 2 aromatic rings. The summed E-state index contributed by atoms with van der Waals surface area (Å²) in [6.45, 7) is 1.31. The van der Waals surface area contributed by atoms with Crippen LogP contribution in [-0.4, -0.2) is 23.5 Å². The third kappa shape index (κ3) is 3.53. The molecule has 0 fully saturated rings. The molecule has 1 unspecified atom stereocenters. The van der Waals surface area contributed by atoms with E-state index in [0.29, 0.717) is 6.54 Å². The molecule has 0 saturated heterocycles. The van der Waals surface area contributed by atoms with Crippen LogP contribution >= 0.6 is 11.6 Å². The van der Waals surface area contributed by atoms with Gasteiger partial charge in [0.05, 0.1) is 0 Å². The van der Waals surface area contributed by atoms with Crippen molar-refractivity contribution in [3.05, 3.63) is 64.9 Å². The molecule has 2 rings (SSSR count). The molecule has 4 heteroatoms. The Balaban J connectivity index is 2.14. The van der Waals surface area contributed by atoms with Gasteiger partial charge in [0, 0.05) is 36.5 Å². The highest BCUT2D eigenvalue weighted by Gasteiger charge is 2.16. The number of halogens is 1. The second-order valence-corrected chi connectivity index (χ2v) is 4.95. The Morgan fingerprint density at radius 2 is 2.05 bits per heavy atom. The van der Waals surface area contributed by atoms with Gasteiger partial charge in [0.2, 0.25) is 0 Å². The first-order chi connectivity index (χ1) is 9.22. The summed E-state index contributed by atoms with van der Waals surface area (Å²) in [5.41, 5.74) is 8.13. The lowest BCUT2D eigenvalue weighted by atomic mass is 10.1. The Morgan fingerprint density at radius 1 is 1.26 bits per heavy atom. The molecule has 0 aliphatic rings. The fourth-order valence-electron chi connectivity index (χ4n) is 2.15. The molecule has 2 N–H and O–H groups in total.